The monoisotopic (exact) mass is 195 g/mol. The number of amides is 2. The Morgan fingerprint density at radius 2 is 2.36 bits per heavy atom. The lowest BCUT2D eigenvalue weighted by Crippen LogP contribution is -2.22. The summed E-state index contributed by atoms with van der Waals surface area (Å²) in [5, 5.41) is 11.1. The van der Waals surface area contributed by atoms with Crippen LogP contribution in [0, 0.1) is 11.3 Å². The number of nitriles is 1. The van der Waals surface area contributed by atoms with Crippen molar-refractivity contribution < 1.29 is 9.59 Å². The zero-order valence-corrected chi connectivity index (χ0v) is 8.12. The molecule has 1 unspecified atom stereocenters. The Morgan fingerprint density at radius 1 is 1.64 bits per heavy atom. The number of carbonyl (C=O) groups excluding carboxylic acids is 2. The van der Waals surface area contributed by atoms with Gasteiger partial charge in [0.1, 0.15) is 6.04 Å². The number of hydrogen-bond donors (Lipinski definition) is 1. The van der Waals surface area contributed by atoms with Gasteiger partial charge in [0.2, 0.25) is 11.8 Å². The van der Waals surface area contributed by atoms with Crippen molar-refractivity contribution in [2.24, 2.45) is 0 Å². The Hall–Kier alpha value is -1.57. The van der Waals surface area contributed by atoms with Crippen molar-refractivity contribution in [1.82, 2.24) is 10.2 Å². The van der Waals surface area contributed by atoms with Crippen LogP contribution >= 0.6 is 0 Å². The van der Waals surface area contributed by atoms with E-state index in [9.17, 15) is 9.59 Å². The van der Waals surface area contributed by atoms with Gasteiger partial charge in [-0.05, 0) is 6.42 Å². The van der Waals surface area contributed by atoms with Gasteiger partial charge in [0.15, 0.2) is 0 Å². The van der Waals surface area contributed by atoms with Gasteiger partial charge in [-0.15, -0.1) is 0 Å². The van der Waals surface area contributed by atoms with E-state index in [1.165, 1.54) is 11.8 Å². The van der Waals surface area contributed by atoms with Crippen LogP contribution in [0.2, 0.25) is 0 Å². The molecule has 5 heteroatoms. The van der Waals surface area contributed by atoms with E-state index in [0.717, 1.165) is 0 Å². The first-order valence-electron chi connectivity index (χ1n) is 4.58. The first-order chi connectivity index (χ1) is 6.65. The number of carbonyl (C=O) groups is 2. The third-order valence-electron chi connectivity index (χ3n) is 2.02. The lowest BCUT2D eigenvalue weighted by atomic mass is 10.3. The molecule has 0 aromatic rings. The van der Waals surface area contributed by atoms with Gasteiger partial charge in [-0.25, -0.2) is 0 Å². The average molecular weight is 195 g/mol. The molecular weight excluding hydrogens is 182 g/mol. The molecule has 1 N–H and O–H groups in total. The normalized spacial score (nSPS) is 18.6. The molecule has 0 radical (unpaired) electrons. The molecule has 0 saturated carbocycles. The maximum absolute atomic E-state index is 11.3. The van der Waals surface area contributed by atoms with Crippen LogP contribution in [0.3, 0.4) is 0 Å². The highest BCUT2D eigenvalue weighted by Gasteiger charge is 2.37. The van der Waals surface area contributed by atoms with Crippen molar-refractivity contribution >= 4 is 11.8 Å². The highest BCUT2D eigenvalue weighted by molar-refractivity contribution is 5.79. The quantitative estimate of drug-likeness (QED) is 0.491. The van der Waals surface area contributed by atoms with E-state index in [4.69, 9.17) is 5.26 Å². The summed E-state index contributed by atoms with van der Waals surface area (Å²) in [5.74, 6) is -0.0824. The van der Waals surface area contributed by atoms with Crippen molar-refractivity contribution in [2.75, 3.05) is 13.1 Å². The van der Waals surface area contributed by atoms with Crippen LogP contribution in [-0.2, 0) is 9.59 Å². The van der Waals surface area contributed by atoms with Gasteiger partial charge in [-0.3, -0.25) is 9.59 Å². The van der Waals surface area contributed by atoms with Crippen LogP contribution in [0.25, 0.3) is 0 Å². The third kappa shape index (κ3) is 3.05. The minimum Gasteiger partial charge on any atom is -0.356 e. The second-order valence-corrected chi connectivity index (χ2v) is 3.28. The predicted octanol–water partition coefficient (Wildman–Crippen LogP) is -0.363. The average Bonchev–Trinajstić information content (AvgIpc) is 2.90. The molecule has 1 rings (SSSR count). The molecule has 2 amide bonds. The highest BCUT2D eigenvalue weighted by atomic mass is 16.2. The summed E-state index contributed by atoms with van der Waals surface area (Å²) in [7, 11) is 0. The van der Waals surface area contributed by atoms with E-state index in [1.807, 2.05) is 6.07 Å². The standard InChI is InChI=1S/C9H13N3O2/c1-7(13)11-4-2-3-9(14)12-6-8(12)5-10/h8H,2-4,6H2,1H3,(H,11,13). The molecule has 76 valence electrons. The maximum Gasteiger partial charge on any atom is 0.223 e. The zero-order valence-electron chi connectivity index (χ0n) is 8.12. The lowest BCUT2D eigenvalue weighted by molar-refractivity contribution is -0.126. The van der Waals surface area contributed by atoms with Crippen LogP contribution in [0.1, 0.15) is 19.8 Å². The maximum atomic E-state index is 11.3. The van der Waals surface area contributed by atoms with E-state index < -0.39 is 0 Å². The number of rotatable bonds is 4. The minimum atomic E-state index is -0.205. The molecule has 1 saturated heterocycles. The second-order valence-electron chi connectivity index (χ2n) is 3.28. The molecule has 0 aromatic heterocycles. The Balaban J connectivity index is 2.06. The Labute approximate surface area is 82.7 Å². The summed E-state index contributed by atoms with van der Waals surface area (Å²) >= 11 is 0. The van der Waals surface area contributed by atoms with Crippen molar-refractivity contribution in [1.29, 1.82) is 5.26 Å². The topological polar surface area (TPSA) is 73.0 Å². The largest absolute Gasteiger partial charge is 0.356 e. The fraction of sp³-hybridized carbons (Fsp3) is 0.667. The Morgan fingerprint density at radius 3 is 2.86 bits per heavy atom. The van der Waals surface area contributed by atoms with Crippen LogP contribution in [0.15, 0.2) is 0 Å². The third-order valence-corrected chi connectivity index (χ3v) is 2.02. The summed E-state index contributed by atoms with van der Waals surface area (Å²) in [5.41, 5.74) is 0. The minimum absolute atomic E-state index is 0.00176. The molecule has 14 heavy (non-hydrogen) atoms. The molecule has 1 aliphatic heterocycles. The first-order valence-corrected chi connectivity index (χ1v) is 4.58. The van der Waals surface area contributed by atoms with Crippen molar-refractivity contribution in [3.05, 3.63) is 0 Å². The Bertz CT molecular complexity index is 282. The molecular formula is C9H13N3O2. The molecule has 1 fully saturated rings. The summed E-state index contributed by atoms with van der Waals surface area (Å²) in [6.45, 7) is 2.53. The predicted molar refractivity (Wildman–Crippen MR) is 49.0 cm³/mol. The summed E-state index contributed by atoms with van der Waals surface area (Å²) in [6.07, 6.45) is 1.03. The molecule has 0 aliphatic carbocycles. The molecule has 0 bridgehead atoms. The molecule has 1 heterocycles. The lowest BCUT2D eigenvalue weighted by Gasteiger charge is -2.02. The van der Waals surface area contributed by atoms with Crippen molar-refractivity contribution in [3.63, 3.8) is 0 Å². The molecule has 0 spiro atoms. The second kappa shape index (κ2) is 4.61. The highest BCUT2D eigenvalue weighted by Crippen LogP contribution is 2.17. The zero-order chi connectivity index (χ0) is 10.6. The van der Waals surface area contributed by atoms with Crippen LogP contribution in [-0.4, -0.2) is 35.8 Å². The Kier molecular flexibility index (Phi) is 3.46. The van der Waals surface area contributed by atoms with Gasteiger partial charge in [0.05, 0.1) is 12.6 Å². The van der Waals surface area contributed by atoms with Gasteiger partial charge in [-0.1, -0.05) is 0 Å². The smallest absolute Gasteiger partial charge is 0.223 e. The first kappa shape index (κ1) is 10.5. The van der Waals surface area contributed by atoms with Gasteiger partial charge in [0, 0.05) is 19.9 Å². The fourth-order valence-electron chi connectivity index (χ4n) is 1.17. The fourth-order valence-corrected chi connectivity index (χ4v) is 1.17. The van der Waals surface area contributed by atoms with Gasteiger partial charge >= 0.3 is 0 Å². The number of hydrogen-bond acceptors (Lipinski definition) is 3. The number of nitrogens with one attached hydrogen (secondary N) is 1. The van der Waals surface area contributed by atoms with E-state index >= 15 is 0 Å². The van der Waals surface area contributed by atoms with Gasteiger partial charge in [0.25, 0.3) is 0 Å². The summed E-state index contributed by atoms with van der Waals surface area (Å²) in [4.78, 5) is 23.3. The van der Waals surface area contributed by atoms with Crippen LogP contribution in [0.5, 0.6) is 0 Å². The molecule has 1 atom stereocenters. The van der Waals surface area contributed by atoms with Crippen molar-refractivity contribution in [2.45, 2.75) is 25.8 Å². The molecule has 5 nitrogen and oxygen atoms in total. The van der Waals surface area contributed by atoms with E-state index in [0.29, 0.717) is 25.9 Å². The number of nitrogens with zero attached hydrogens (tertiary/aromatic N) is 2. The molecule has 0 aromatic carbocycles. The van der Waals surface area contributed by atoms with Gasteiger partial charge < -0.3 is 10.2 Å². The summed E-state index contributed by atoms with van der Waals surface area (Å²) < 4.78 is 0. The van der Waals surface area contributed by atoms with E-state index in [-0.39, 0.29) is 17.9 Å². The van der Waals surface area contributed by atoms with Gasteiger partial charge in [-0.2, -0.15) is 5.26 Å². The van der Waals surface area contributed by atoms with E-state index in [2.05, 4.69) is 5.32 Å². The van der Waals surface area contributed by atoms with Crippen LogP contribution in [0.4, 0.5) is 0 Å². The molecule has 1 aliphatic rings. The summed E-state index contributed by atoms with van der Waals surface area (Å²) in [6, 6.07) is 1.81. The van der Waals surface area contributed by atoms with Crippen molar-refractivity contribution in [3.8, 4) is 6.07 Å². The SMILES string of the molecule is CC(=O)NCCCC(=O)N1CC1C#N. The van der Waals surface area contributed by atoms with E-state index in [1.54, 1.807) is 0 Å². The van der Waals surface area contributed by atoms with Crippen LogP contribution < -0.4 is 5.32 Å².